The molecule has 2 aromatic heterocycles. The molecule has 0 bridgehead atoms. The van der Waals surface area contributed by atoms with E-state index in [0.717, 1.165) is 16.9 Å². The van der Waals surface area contributed by atoms with Gasteiger partial charge in [-0.15, -0.1) is 11.3 Å². The van der Waals surface area contributed by atoms with Crippen molar-refractivity contribution in [1.29, 1.82) is 0 Å². The minimum absolute atomic E-state index is 0.558. The predicted octanol–water partition coefficient (Wildman–Crippen LogP) is 3.61. The molecule has 0 radical (unpaired) electrons. The molecule has 0 aliphatic heterocycles. The summed E-state index contributed by atoms with van der Waals surface area (Å²) in [4.78, 5) is 6.72. The summed E-state index contributed by atoms with van der Waals surface area (Å²) in [5.74, 6) is 1.12. The second-order valence-corrected chi connectivity index (χ2v) is 5.34. The monoisotopic (exact) mass is 271 g/mol. The lowest BCUT2D eigenvalue weighted by Crippen LogP contribution is -1.86. The molecule has 0 amide bonds. The molecule has 0 atom stereocenters. The van der Waals surface area contributed by atoms with Crippen LogP contribution in [0, 0.1) is 0 Å². The summed E-state index contributed by atoms with van der Waals surface area (Å²) in [7, 11) is 0. The van der Waals surface area contributed by atoms with Gasteiger partial charge in [-0.2, -0.15) is 4.98 Å². The van der Waals surface area contributed by atoms with E-state index in [1.165, 1.54) is 4.88 Å². The van der Waals surface area contributed by atoms with Gasteiger partial charge < -0.3 is 10.3 Å². The molecular weight excluding hydrogens is 258 g/mol. The summed E-state index contributed by atoms with van der Waals surface area (Å²) >= 11 is 1.68. The molecule has 2 heterocycles. The highest BCUT2D eigenvalue weighted by molar-refractivity contribution is 7.15. The average molecular weight is 271 g/mol. The molecule has 5 heteroatoms. The van der Waals surface area contributed by atoms with Crippen molar-refractivity contribution in [2.45, 2.75) is 13.3 Å². The number of nitrogen functional groups attached to an aromatic ring is 1. The summed E-state index contributed by atoms with van der Waals surface area (Å²) in [6.07, 6.45) is 1.01. The number of aromatic nitrogens is 2. The third-order valence-electron chi connectivity index (χ3n) is 2.79. The van der Waals surface area contributed by atoms with E-state index in [1.54, 1.807) is 11.3 Å². The maximum atomic E-state index is 5.75. The zero-order valence-electron chi connectivity index (χ0n) is 10.5. The van der Waals surface area contributed by atoms with Crippen molar-refractivity contribution in [3.05, 3.63) is 41.3 Å². The maximum Gasteiger partial charge on any atom is 0.268 e. The van der Waals surface area contributed by atoms with Gasteiger partial charge in [-0.05, 0) is 30.7 Å². The number of thiophene rings is 1. The molecule has 0 spiro atoms. The van der Waals surface area contributed by atoms with E-state index in [0.29, 0.717) is 17.4 Å². The van der Waals surface area contributed by atoms with Crippen LogP contribution in [0.5, 0.6) is 0 Å². The number of aryl methyl sites for hydroxylation is 1. The lowest BCUT2D eigenvalue weighted by molar-refractivity contribution is 0.433. The van der Waals surface area contributed by atoms with Crippen LogP contribution in [-0.4, -0.2) is 10.1 Å². The zero-order chi connectivity index (χ0) is 13.2. The van der Waals surface area contributed by atoms with Crippen LogP contribution in [0.2, 0.25) is 0 Å². The number of hydrogen-bond donors (Lipinski definition) is 1. The number of rotatable bonds is 3. The van der Waals surface area contributed by atoms with Gasteiger partial charge in [0.25, 0.3) is 5.89 Å². The highest BCUT2D eigenvalue weighted by Gasteiger charge is 2.12. The van der Waals surface area contributed by atoms with Gasteiger partial charge in [-0.1, -0.05) is 24.2 Å². The van der Waals surface area contributed by atoms with Gasteiger partial charge in [0.1, 0.15) is 0 Å². The zero-order valence-corrected chi connectivity index (χ0v) is 11.3. The summed E-state index contributed by atoms with van der Waals surface area (Å²) in [5.41, 5.74) is 7.30. The van der Waals surface area contributed by atoms with Crippen LogP contribution in [0.3, 0.4) is 0 Å². The Morgan fingerprint density at radius 3 is 2.89 bits per heavy atom. The fourth-order valence-electron chi connectivity index (χ4n) is 1.80. The summed E-state index contributed by atoms with van der Waals surface area (Å²) < 4.78 is 5.31. The van der Waals surface area contributed by atoms with Crippen molar-refractivity contribution in [2.24, 2.45) is 0 Å². The molecule has 0 aliphatic carbocycles. The Morgan fingerprint density at radius 2 is 2.16 bits per heavy atom. The summed E-state index contributed by atoms with van der Waals surface area (Å²) in [5, 5.41) is 4.00. The van der Waals surface area contributed by atoms with Crippen LogP contribution in [0.1, 0.15) is 11.8 Å². The van der Waals surface area contributed by atoms with Gasteiger partial charge >= 0.3 is 0 Å². The van der Waals surface area contributed by atoms with E-state index in [-0.39, 0.29) is 0 Å². The molecular formula is C14H13N3OS. The SMILES string of the molecule is CCc1ccc(-c2nc(-c3cccc(N)c3)no2)s1. The quantitative estimate of drug-likeness (QED) is 0.739. The number of anilines is 1. The van der Waals surface area contributed by atoms with Gasteiger partial charge in [0, 0.05) is 16.1 Å². The standard InChI is InChI=1S/C14H13N3OS/c1-2-11-6-7-12(19-11)14-16-13(17-18-14)9-4-3-5-10(15)8-9/h3-8H,2,15H2,1H3. The molecule has 96 valence electrons. The lowest BCUT2D eigenvalue weighted by atomic mass is 10.2. The molecule has 2 N–H and O–H groups in total. The molecule has 0 unspecified atom stereocenters. The van der Waals surface area contributed by atoms with Gasteiger partial charge in [0.2, 0.25) is 5.82 Å². The Balaban J connectivity index is 1.95. The third-order valence-corrected chi connectivity index (χ3v) is 4.01. The average Bonchev–Trinajstić information content (AvgIpc) is 3.07. The first-order valence-electron chi connectivity index (χ1n) is 6.05. The van der Waals surface area contributed by atoms with Gasteiger partial charge in [0.05, 0.1) is 4.88 Å². The van der Waals surface area contributed by atoms with Crippen LogP contribution < -0.4 is 5.73 Å². The predicted molar refractivity (Wildman–Crippen MR) is 76.8 cm³/mol. The molecule has 0 fully saturated rings. The van der Waals surface area contributed by atoms with Crippen LogP contribution in [0.25, 0.3) is 22.2 Å². The van der Waals surface area contributed by atoms with E-state index < -0.39 is 0 Å². The summed E-state index contributed by atoms with van der Waals surface area (Å²) in [6, 6.07) is 11.6. The smallest absolute Gasteiger partial charge is 0.268 e. The molecule has 0 aliphatic rings. The number of nitrogens with zero attached hydrogens (tertiary/aromatic N) is 2. The molecule has 0 saturated heterocycles. The fourth-order valence-corrected chi connectivity index (χ4v) is 2.67. The lowest BCUT2D eigenvalue weighted by Gasteiger charge is -1.95. The van der Waals surface area contributed by atoms with Crippen LogP contribution in [0.4, 0.5) is 5.69 Å². The first kappa shape index (κ1) is 11.9. The number of benzene rings is 1. The van der Waals surface area contributed by atoms with Crippen LogP contribution >= 0.6 is 11.3 Å². The van der Waals surface area contributed by atoms with Crippen molar-refractivity contribution < 1.29 is 4.52 Å². The van der Waals surface area contributed by atoms with Crippen molar-refractivity contribution in [3.8, 4) is 22.2 Å². The second-order valence-electron chi connectivity index (χ2n) is 4.17. The van der Waals surface area contributed by atoms with Crippen molar-refractivity contribution >= 4 is 17.0 Å². The number of nitrogens with two attached hydrogens (primary N) is 1. The molecule has 0 saturated carbocycles. The van der Waals surface area contributed by atoms with Crippen molar-refractivity contribution in [2.75, 3.05) is 5.73 Å². The molecule has 3 aromatic rings. The maximum absolute atomic E-state index is 5.75. The second kappa shape index (κ2) is 4.85. The van der Waals surface area contributed by atoms with Gasteiger partial charge in [-0.25, -0.2) is 0 Å². The largest absolute Gasteiger partial charge is 0.399 e. The topological polar surface area (TPSA) is 64.9 Å². The van der Waals surface area contributed by atoms with E-state index >= 15 is 0 Å². The first-order valence-corrected chi connectivity index (χ1v) is 6.86. The third kappa shape index (κ3) is 2.37. The number of hydrogen-bond acceptors (Lipinski definition) is 5. The molecule has 19 heavy (non-hydrogen) atoms. The molecule has 4 nitrogen and oxygen atoms in total. The Morgan fingerprint density at radius 1 is 1.26 bits per heavy atom. The minimum atomic E-state index is 0.558. The Bertz CT molecular complexity index is 702. The fraction of sp³-hybridized carbons (Fsp3) is 0.143. The van der Waals surface area contributed by atoms with Gasteiger partial charge in [-0.3, -0.25) is 0 Å². The van der Waals surface area contributed by atoms with Gasteiger partial charge in [0.15, 0.2) is 0 Å². The summed E-state index contributed by atoms with van der Waals surface area (Å²) in [6.45, 7) is 2.13. The van der Waals surface area contributed by atoms with E-state index in [4.69, 9.17) is 10.3 Å². The Hall–Kier alpha value is -2.14. The van der Waals surface area contributed by atoms with E-state index in [2.05, 4.69) is 23.1 Å². The molecule has 3 rings (SSSR count). The highest BCUT2D eigenvalue weighted by atomic mass is 32.1. The van der Waals surface area contributed by atoms with Crippen molar-refractivity contribution in [1.82, 2.24) is 10.1 Å². The van der Waals surface area contributed by atoms with E-state index in [9.17, 15) is 0 Å². The normalized spacial score (nSPS) is 10.8. The Kier molecular flexibility index (Phi) is 3.05. The first-order chi connectivity index (χ1) is 9.26. The minimum Gasteiger partial charge on any atom is -0.399 e. The van der Waals surface area contributed by atoms with E-state index in [1.807, 2.05) is 30.3 Å². The Labute approximate surface area is 114 Å². The van der Waals surface area contributed by atoms with Crippen molar-refractivity contribution in [3.63, 3.8) is 0 Å². The highest BCUT2D eigenvalue weighted by Crippen LogP contribution is 2.29. The molecule has 1 aromatic carbocycles. The van der Waals surface area contributed by atoms with Crippen LogP contribution in [0.15, 0.2) is 40.9 Å². The van der Waals surface area contributed by atoms with Crippen LogP contribution in [-0.2, 0) is 6.42 Å².